The van der Waals surface area contributed by atoms with Crippen molar-refractivity contribution in [2.45, 2.75) is 19.4 Å². The van der Waals surface area contributed by atoms with Crippen LogP contribution < -0.4 is 20.1 Å². The summed E-state index contributed by atoms with van der Waals surface area (Å²) in [6, 6.07) is 11.7. The molecule has 11 heteroatoms. The molecule has 0 aliphatic heterocycles. The zero-order valence-corrected chi connectivity index (χ0v) is 20.9. The summed E-state index contributed by atoms with van der Waals surface area (Å²) in [5.74, 6) is -0.840. The Bertz CT molecular complexity index is 1560. The Kier molecular flexibility index (Phi) is 6.60. The summed E-state index contributed by atoms with van der Waals surface area (Å²) in [6.07, 6.45) is 3.55. The van der Waals surface area contributed by atoms with Crippen LogP contribution in [0, 0.1) is 11.2 Å². The van der Waals surface area contributed by atoms with Crippen molar-refractivity contribution < 1.29 is 28.6 Å². The van der Waals surface area contributed by atoms with Gasteiger partial charge in [-0.3, -0.25) is 19.5 Å². The summed E-state index contributed by atoms with van der Waals surface area (Å²) >= 11 is 6.54. The van der Waals surface area contributed by atoms with Gasteiger partial charge in [0.2, 0.25) is 17.7 Å². The van der Waals surface area contributed by atoms with Gasteiger partial charge in [-0.2, -0.15) is 0 Å². The molecule has 194 valence electrons. The highest BCUT2D eigenvalue weighted by atomic mass is 35.5. The molecule has 0 spiro atoms. The van der Waals surface area contributed by atoms with E-state index in [0.717, 1.165) is 0 Å². The monoisotopic (exact) mass is 536 g/mol. The lowest BCUT2D eigenvalue weighted by molar-refractivity contribution is -0.133. The second-order valence-electron chi connectivity index (χ2n) is 8.79. The van der Waals surface area contributed by atoms with E-state index in [1.54, 1.807) is 24.4 Å². The van der Waals surface area contributed by atoms with E-state index < -0.39 is 23.0 Å². The molecule has 0 unspecified atom stereocenters. The third-order valence-electron chi connectivity index (χ3n) is 6.45. The zero-order valence-electron chi connectivity index (χ0n) is 20.1. The molecule has 1 aliphatic rings. The maximum Gasteiger partial charge on any atom is 0.247 e. The molecule has 1 fully saturated rings. The van der Waals surface area contributed by atoms with Crippen molar-refractivity contribution in [2.24, 2.45) is 11.1 Å². The Balaban J connectivity index is 1.52. The number of hydrogen-bond acceptors (Lipinski definition) is 7. The topological polar surface area (TPSA) is 128 Å². The van der Waals surface area contributed by atoms with Crippen molar-refractivity contribution in [3.05, 3.63) is 77.3 Å². The minimum Gasteiger partial charge on any atom is -0.496 e. The Morgan fingerprint density at radius 1 is 1.11 bits per heavy atom. The normalized spacial score (nSPS) is 13.7. The largest absolute Gasteiger partial charge is 0.496 e. The molecule has 2 heterocycles. The van der Waals surface area contributed by atoms with Crippen LogP contribution >= 0.6 is 11.6 Å². The highest BCUT2D eigenvalue weighted by molar-refractivity contribution is 6.32. The number of nitrogens with zero attached hydrogens (tertiary/aromatic N) is 3. The molecule has 1 aliphatic carbocycles. The number of ether oxygens (including phenoxy) is 2. The average Bonchev–Trinajstić information content (AvgIpc) is 3.73. The Hall–Kier alpha value is -4.28. The average molecular weight is 537 g/mol. The predicted octanol–water partition coefficient (Wildman–Crippen LogP) is 4.65. The molecule has 4 aromatic rings. The van der Waals surface area contributed by atoms with Crippen molar-refractivity contribution in [2.75, 3.05) is 12.0 Å². The van der Waals surface area contributed by atoms with E-state index in [1.807, 2.05) is 0 Å². The van der Waals surface area contributed by atoms with Crippen LogP contribution in [0.15, 0.2) is 60.9 Å². The number of carbonyl (C=O) groups is 2. The number of halogens is 2. The third-order valence-corrected chi connectivity index (χ3v) is 6.72. The van der Waals surface area contributed by atoms with Gasteiger partial charge in [0.25, 0.3) is 0 Å². The van der Waals surface area contributed by atoms with Gasteiger partial charge in [0.05, 0.1) is 31.1 Å². The number of carbonyl (C=O) groups excluding carboxylic acids is 2. The van der Waals surface area contributed by atoms with Gasteiger partial charge >= 0.3 is 0 Å². The standard InChI is InChI=1S/C27H22ClFN4O5/c1-37-23-12-21-19(10-15(23)14-34)22(6-9-31-21)38-24-20(28)11-18(13-32-24)33(17-4-2-16(29)3-5-17)26(36)27(7-8-27)25(30)35/h2-6,9-13,34H,7-8,14H2,1H3,(H2,30,35). The van der Waals surface area contributed by atoms with Gasteiger partial charge in [-0.1, -0.05) is 11.6 Å². The van der Waals surface area contributed by atoms with E-state index in [1.165, 1.54) is 48.5 Å². The van der Waals surface area contributed by atoms with E-state index in [4.69, 9.17) is 26.8 Å². The van der Waals surface area contributed by atoms with E-state index in [9.17, 15) is 19.1 Å². The molecule has 0 bridgehead atoms. The van der Waals surface area contributed by atoms with E-state index in [2.05, 4.69) is 9.97 Å². The number of pyridine rings is 2. The van der Waals surface area contributed by atoms with Gasteiger partial charge in [-0.15, -0.1) is 0 Å². The summed E-state index contributed by atoms with van der Waals surface area (Å²) in [5, 5.41) is 10.4. The smallest absolute Gasteiger partial charge is 0.247 e. The van der Waals surface area contributed by atoms with Crippen LogP contribution in [-0.4, -0.2) is 34.0 Å². The number of aliphatic hydroxyl groups excluding tert-OH is 1. The molecule has 2 amide bonds. The lowest BCUT2D eigenvalue weighted by Gasteiger charge is -2.26. The lowest BCUT2D eigenvalue weighted by atomic mass is 10.0. The van der Waals surface area contributed by atoms with Gasteiger partial charge in [0.15, 0.2) is 0 Å². The first-order chi connectivity index (χ1) is 18.3. The molecule has 0 atom stereocenters. The maximum absolute atomic E-state index is 13.6. The number of hydrogen-bond donors (Lipinski definition) is 2. The Labute approximate surface area is 221 Å². The summed E-state index contributed by atoms with van der Waals surface area (Å²) in [4.78, 5) is 35.5. The SMILES string of the molecule is COc1cc2nccc(Oc3ncc(N(C(=O)C4(C(N)=O)CC4)c4ccc(F)cc4)cc3Cl)c2cc1CO. The van der Waals surface area contributed by atoms with Crippen molar-refractivity contribution >= 4 is 45.7 Å². The van der Waals surface area contributed by atoms with Crippen LogP contribution in [-0.2, 0) is 16.2 Å². The van der Waals surface area contributed by atoms with Crippen LogP contribution in [0.5, 0.6) is 17.4 Å². The van der Waals surface area contributed by atoms with Crippen molar-refractivity contribution in [3.63, 3.8) is 0 Å². The van der Waals surface area contributed by atoms with Gasteiger partial charge in [0.1, 0.15) is 27.8 Å². The lowest BCUT2D eigenvalue weighted by Crippen LogP contribution is -2.41. The number of primary amides is 1. The number of amides is 2. The maximum atomic E-state index is 13.6. The van der Waals surface area contributed by atoms with Gasteiger partial charge in [-0.25, -0.2) is 9.37 Å². The molecule has 38 heavy (non-hydrogen) atoms. The van der Waals surface area contributed by atoms with Crippen LogP contribution in [0.4, 0.5) is 15.8 Å². The first kappa shape index (κ1) is 25.4. The van der Waals surface area contributed by atoms with Crippen molar-refractivity contribution in [3.8, 4) is 17.4 Å². The number of fused-ring (bicyclic) bond motifs is 1. The molecule has 2 aromatic carbocycles. The number of methoxy groups -OCH3 is 1. The Morgan fingerprint density at radius 3 is 2.45 bits per heavy atom. The van der Waals surface area contributed by atoms with Crippen LogP contribution in [0.2, 0.25) is 5.02 Å². The summed E-state index contributed by atoms with van der Waals surface area (Å²) in [6.45, 7) is -0.249. The molecule has 5 rings (SSSR count). The highest BCUT2D eigenvalue weighted by Crippen LogP contribution is 2.49. The first-order valence-electron chi connectivity index (χ1n) is 11.6. The third kappa shape index (κ3) is 4.48. The zero-order chi connectivity index (χ0) is 27.0. The fourth-order valence-corrected chi connectivity index (χ4v) is 4.39. The van der Waals surface area contributed by atoms with E-state index in [-0.39, 0.29) is 23.2 Å². The van der Waals surface area contributed by atoms with Gasteiger partial charge in [0, 0.05) is 28.9 Å². The molecular formula is C27H22ClFN4O5. The first-order valence-corrected chi connectivity index (χ1v) is 11.9. The van der Waals surface area contributed by atoms with E-state index >= 15 is 0 Å². The fourth-order valence-electron chi connectivity index (χ4n) is 4.19. The van der Waals surface area contributed by atoms with E-state index in [0.29, 0.717) is 46.5 Å². The van der Waals surface area contributed by atoms with Crippen LogP contribution in [0.25, 0.3) is 10.9 Å². The van der Waals surface area contributed by atoms with Crippen molar-refractivity contribution in [1.29, 1.82) is 0 Å². The van der Waals surface area contributed by atoms with Crippen LogP contribution in [0.1, 0.15) is 18.4 Å². The molecule has 9 nitrogen and oxygen atoms in total. The number of nitrogens with two attached hydrogens (primary N) is 1. The van der Waals surface area contributed by atoms with Crippen molar-refractivity contribution in [1.82, 2.24) is 9.97 Å². The molecule has 0 radical (unpaired) electrons. The predicted molar refractivity (Wildman–Crippen MR) is 138 cm³/mol. The second-order valence-corrected chi connectivity index (χ2v) is 9.20. The summed E-state index contributed by atoms with van der Waals surface area (Å²) < 4.78 is 24.9. The van der Waals surface area contributed by atoms with Crippen LogP contribution in [0.3, 0.4) is 0 Å². The molecular weight excluding hydrogens is 515 g/mol. The fraction of sp³-hybridized carbons (Fsp3) is 0.185. The number of rotatable bonds is 8. The summed E-state index contributed by atoms with van der Waals surface area (Å²) in [7, 11) is 1.50. The number of aliphatic hydroxyl groups is 1. The summed E-state index contributed by atoms with van der Waals surface area (Å²) in [5.41, 5.74) is 5.89. The Morgan fingerprint density at radius 2 is 1.84 bits per heavy atom. The highest BCUT2D eigenvalue weighted by Gasteiger charge is 2.57. The van der Waals surface area contributed by atoms with Gasteiger partial charge < -0.3 is 20.3 Å². The second kappa shape index (κ2) is 9.88. The van der Waals surface area contributed by atoms with Gasteiger partial charge in [-0.05, 0) is 55.3 Å². The molecule has 2 aromatic heterocycles. The number of benzene rings is 2. The minimum atomic E-state index is -1.34. The number of anilines is 2. The quantitative estimate of drug-likeness (QED) is 0.314. The molecule has 3 N–H and O–H groups in total. The number of aromatic nitrogens is 2. The molecule has 1 saturated carbocycles. The molecule has 0 saturated heterocycles. The minimum absolute atomic E-state index is 0.0480.